The number of hydrogen-bond acceptors (Lipinski definition) is 2. The number of hydrogen-bond donors (Lipinski definition) is 0. The fraction of sp³-hybridized carbons (Fsp3) is 0.759. The molecule has 2 nitrogen and oxygen atoms in total. The summed E-state index contributed by atoms with van der Waals surface area (Å²) in [7, 11) is -0.562. The largest absolute Gasteiger partial charge is 0.550 e. The molecule has 1 unspecified atom stereocenters. The zero-order valence-electron chi connectivity index (χ0n) is 22.4. The monoisotopic (exact) mass is 464 g/mol. The van der Waals surface area contributed by atoms with Crippen LogP contribution in [0.4, 0.5) is 0 Å². The molecule has 0 amide bonds. The lowest BCUT2D eigenvalue weighted by Crippen LogP contribution is -2.27. The van der Waals surface area contributed by atoms with Crippen LogP contribution in [0.3, 0.4) is 0 Å². The molecule has 0 spiro atoms. The summed E-state index contributed by atoms with van der Waals surface area (Å²) in [5.74, 6) is -0.931. The van der Waals surface area contributed by atoms with Gasteiger partial charge in [-0.25, -0.2) is 0 Å². The van der Waals surface area contributed by atoms with Crippen molar-refractivity contribution in [3.05, 3.63) is 35.4 Å². The van der Waals surface area contributed by atoms with E-state index in [1.807, 2.05) is 24.3 Å². The maximum atomic E-state index is 10.7. The van der Waals surface area contributed by atoms with Crippen LogP contribution in [-0.2, 0) is 11.2 Å². The van der Waals surface area contributed by atoms with Gasteiger partial charge in [0.1, 0.15) is 0 Å². The molecule has 0 bridgehead atoms. The van der Waals surface area contributed by atoms with E-state index in [1.54, 1.807) is 31.6 Å². The van der Waals surface area contributed by atoms with Crippen molar-refractivity contribution < 1.29 is 9.90 Å². The van der Waals surface area contributed by atoms with Gasteiger partial charge in [-0.2, -0.15) is 0 Å². The van der Waals surface area contributed by atoms with E-state index in [2.05, 4.69) is 41.5 Å². The minimum atomic E-state index is -1.02. The molecule has 0 aliphatic carbocycles. The summed E-state index contributed by atoms with van der Waals surface area (Å²) >= 11 is 0. The van der Waals surface area contributed by atoms with Gasteiger partial charge in [-0.15, -0.1) is 0 Å². The van der Waals surface area contributed by atoms with Crippen molar-refractivity contribution >= 4 is 13.2 Å². The van der Waals surface area contributed by atoms with Gasteiger partial charge in [-0.05, 0) is 49.1 Å². The van der Waals surface area contributed by atoms with Gasteiger partial charge < -0.3 is 9.90 Å². The molecule has 0 radical (unpaired) electrons. The van der Waals surface area contributed by atoms with E-state index in [9.17, 15) is 9.90 Å². The molecule has 1 atom stereocenters. The summed E-state index contributed by atoms with van der Waals surface area (Å²) in [6.45, 7) is 15.4. The van der Waals surface area contributed by atoms with E-state index in [0.717, 1.165) is 12.0 Å². The summed E-state index contributed by atoms with van der Waals surface area (Å²) in [4.78, 5) is 10.7. The molecular formula is C29H53O2P. The fourth-order valence-electron chi connectivity index (χ4n) is 4.19. The highest BCUT2D eigenvalue weighted by Crippen LogP contribution is 2.61. The van der Waals surface area contributed by atoms with Crippen molar-refractivity contribution in [2.24, 2.45) is 5.92 Å². The Morgan fingerprint density at radius 1 is 0.750 bits per heavy atom. The Morgan fingerprint density at radius 3 is 1.41 bits per heavy atom. The average Bonchev–Trinajstić information content (AvgIpc) is 2.78. The first-order chi connectivity index (χ1) is 15.2. The van der Waals surface area contributed by atoms with E-state index >= 15 is 0 Å². The van der Waals surface area contributed by atoms with Crippen molar-refractivity contribution in [2.75, 3.05) is 24.6 Å². The van der Waals surface area contributed by atoms with E-state index < -0.39 is 19.1 Å². The van der Waals surface area contributed by atoms with E-state index in [1.165, 1.54) is 56.9 Å². The smallest absolute Gasteiger partial charge is 0.0594 e. The van der Waals surface area contributed by atoms with Crippen molar-refractivity contribution in [2.45, 2.75) is 112 Å². The second-order valence-corrected chi connectivity index (χ2v) is 14.5. The Bertz CT molecular complexity index is 542. The molecule has 3 heteroatoms. The summed E-state index contributed by atoms with van der Waals surface area (Å²) in [5.41, 5.74) is 2.06. The van der Waals surface area contributed by atoms with Crippen molar-refractivity contribution in [3.8, 4) is 0 Å². The van der Waals surface area contributed by atoms with Gasteiger partial charge in [0.2, 0.25) is 0 Å². The van der Waals surface area contributed by atoms with Crippen LogP contribution in [0.2, 0.25) is 0 Å². The third-order valence-corrected chi connectivity index (χ3v) is 11.5. The van der Waals surface area contributed by atoms with Crippen LogP contribution in [0.1, 0.15) is 117 Å². The van der Waals surface area contributed by atoms with Crippen LogP contribution in [0.15, 0.2) is 24.3 Å². The fourth-order valence-corrected chi connectivity index (χ4v) is 9.48. The third kappa shape index (κ3) is 13.6. The van der Waals surface area contributed by atoms with Gasteiger partial charge in [0.15, 0.2) is 0 Å². The van der Waals surface area contributed by atoms with E-state index in [4.69, 9.17) is 0 Å². The maximum absolute atomic E-state index is 10.7. The Morgan fingerprint density at radius 2 is 1.12 bits per heavy atom. The van der Waals surface area contributed by atoms with Crippen molar-refractivity contribution in [3.63, 3.8) is 0 Å². The Balaban J connectivity index is 0.000000604. The number of carbonyl (C=O) groups is 1. The van der Waals surface area contributed by atoms with Crippen molar-refractivity contribution in [1.29, 1.82) is 0 Å². The van der Waals surface area contributed by atoms with Gasteiger partial charge in [-0.1, -0.05) is 98.4 Å². The Kier molecular flexibility index (Phi) is 18.0. The zero-order valence-corrected chi connectivity index (χ0v) is 23.3. The highest BCUT2D eigenvalue weighted by Gasteiger charge is 2.34. The molecule has 0 saturated carbocycles. The molecule has 186 valence electrons. The predicted octanol–water partition coefficient (Wildman–Crippen LogP) is 7.94. The highest BCUT2D eigenvalue weighted by atomic mass is 31.2. The molecule has 0 aromatic heterocycles. The lowest BCUT2D eigenvalue weighted by atomic mass is 9.97. The molecule has 0 saturated heterocycles. The topological polar surface area (TPSA) is 40.1 Å². The standard InChI is InChI=1S/C16H36P.C13H18O2/c1-5-9-13-17(14-10-6-2,15-11-7-3)16-12-8-4;1-9(2)8-11-4-6-12(7-5-11)10(3)13(14)15/h5-16H2,1-4H3;4-7,9-10H,8H2,1-3H3,(H,14,15)/q+1;/p-1. The molecule has 1 aromatic carbocycles. The predicted molar refractivity (Wildman–Crippen MR) is 144 cm³/mol. The summed E-state index contributed by atoms with van der Waals surface area (Å²) in [6, 6.07) is 7.74. The van der Waals surface area contributed by atoms with Gasteiger partial charge in [-0.3, -0.25) is 0 Å². The van der Waals surface area contributed by atoms with Gasteiger partial charge in [0, 0.05) is 19.1 Å². The second-order valence-electron chi connectivity index (χ2n) is 10.0. The number of carbonyl (C=O) groups excluding carboxylic acids is 1. The number of carboxylic acid groups (broad SMARTS) is 1. The Labute approximate surface area is 201 Å². The molecule has 0 heterocycles. The van der Waals surface area contributed by atoms with Gasteiger partial charge >= 0.3 is 0 Å². The normalized spacial score (nSPS) is 12.4. The number of benzene rings is 1. The Hall–Kier alpha value is -0.880. The molecule has 0 N–H and O–H groups in total. The number of rotatable bonds is 16. The first-order valence-electron chi connectivity index (χ1n) is 13.4. The molecule has 32 heavy (non-hydrogen) atoms. The quantitative estimate of drug-likeness (QED) is 0.233. The molecule has 1 rings (SSSR count). The van der Waals surface area contributed by atoms with Gasteiger partial charge in [0.25, 0.3) is 0 Å². The van der Waals surface area contributed by atoms with E-state index in [0.29, 0.717) is 5.92 Å². The summed E-state index contributed by atoms with van der Waals surface area (Å²) in [5, 5.41) is 10.7. The molecule has 0 aliphatic heterocycles. The molecular weight excluding hydrogens is 411 g/mol. The highest BCUT2D eigenvalue weighted by molar-refractivity contribution is 7.75. The van der Waals surface area contributed by atoms with E-state index in [-0.39, 0.29) is 0 Å². The first kappa shape index (κ1) is 31.1. The SMILES string of the molecule is CC(C)Cc1ccc(C(C)C(=O)[O-])cc1.CCCC[P+](CCCC)(CCCC)CCCC. The van der Waals surface area contributed by atoms with Crippen LogP contribution in [0.5, 0.6) is 0 Å². The van der Waals surface area contributed by atoms with Gasteiger partial charge in [0.05, 0.1) is 24.6 Å². The molecule has 1 aromatic rings. The third-order valence-electron chi connectivity index (χ3n) is 6.42. The van der Waals surface area contributed by atoms with Crippen LogP contribution >= 0.6 is 7.26 Å². The molecule has 0 fully saturated rings. The zero-order chi connectivity index (χ0) is 24.4. The summed E-state index contributed by atoms with van der Waals surface area (Å²) < 4.78 is 0. The van der Waals surface area contributed by atoms with Crippen molar-refractivity contribution in [1.82, 2.24) is 0 Å². The average molecular weight is 465 g/mol. The lowest BCUT2D eigenvalue weighted by molar-refractivity contribution is -0.307. The molecule has 0 aliphatic rings. The van der Waals surface area contributed by atoms with Crippen LogP contribution in [0, 0.1) is 5.92 Å². The number of aliphatic carboxylic acids is 1. The maximum Gasteiger partial charge on any atom is 0.0594 e. The number of unbranched alkanes of at least 4 members (excludes halogenated alkanes) is 4. The first-order valence-corrected chi connectivity index (χ1v) is 15.9. The lowest BCUT2D eigenvalue weighted by Gasteiger charge is -2.28. The van der Waals surface area contributed by atoms with Crippen LogP contribution in [-0.4, -0.2) is 30.6 Å². The number of carboxylic acids is 1. The second kappa shape index (κ2) is 18.5. The van der Waals surface area contributed by atoms with Crippen LogP contribution in [0.25, 0.3) is 0 Å². The summed E-state index contributed by atoms with van der Waals surface area (Å²) in [6.07, 6.45) is 19.0. The van der Waals surface area contributed by atoms with Crippen LogP contribution < -0.4 is 5.11 Å². The minimum absolute atomic E-state index is 0.530. The minimum Gasteiger partial charge on any atom is -0.550 e.